The van der Waals surface area contributed by atoms with Gasteiger partial charge in [-0.2, -0.15) is 0 Å². The summed E-state index contributed by atoms with van der Waals surface area (Å²) in [6, 6.07) is 3.74. The maximum Gasteiger partial charge on any atom is 0.337 e. The van der Waals surface area contributed by atoms with Crippen LogP contribution in [0.25, 0.3) is 0 Å². The van der Waals surface area contributed by atoms with Gasteiger partial charge in [0.2, 0.25) is 0 Å². The molecule has 3 nitrogen and oxygen atoms in total. The predicted octanol–water partition coefficient (Wildman–Crippen LogP) is 1.71. The molecular formula is C8H6BrFO3. The highest BCUT2D eigenvalue weighted by atomic mass is 79.9. The van der Waals surface area contributed by atoms with E-state index in [4.69, 9.17) is 10.2 Å². The van der Waals surface area contributed by atoms with E-state index in [2.05, 4.69) is 15.9 Å². The van der Waals surface area contributed by atoms with Gasteiger partial charge in [0, 0.05) is 10.0 Å². The van der Waals surface area contributed by atoms with Crippen LogP contribution in [0, 0.1) is 5.82 Å². The molecule has 13 heavy (non-hydrogen) atoms. The van der Waals surface area contributed by atoms with Gasteiger partial charge in [-0.05, 0) is 18.2 Å². The number of carboxylic acids is 1. The number of rotatable bonds is 2. The van der Waals surface area contributed by atoms with Crippen LogP contribution in [0.3, 0.4) is 0 Å². The van der Waals surface area contributed by atoms with Gasteiger partial charge in [0.1, 0.15) is 5.82 Å². The summed E-state index contributed by atoms with van der Waals surface area (Å²) in [6.45, 7) is 0. The lowest BCUT2D eigenvalue weighted by Gasteiger charge is -2.06. The monoisotopic (exact) mass is 248 g/mol. The average molecular weight is 249 g/mol. The first-order valence-electron chi connectivity index (χ1n) is 3.38. The van der Waals surface area contributed by atoms with E-state index in [1.807, 2.05) is 0 Å². The van der Waals surface area contributed by atoms with Gasteiger partial charge in [0.15, 0.2) is 6.10 Å². The van der Waals surface area contributed by atoms with Crippen molar-refractivity contribution in [3.8, 4) is 0 Å². The lowest BCUT2D eigenvalue weighted by molar-refractivity contribution is -0.147. The summed E-state index contributed by atoms with van der Waals surface area (Å²) in [5.41, 5.74) is -0.248. The minimum Gasteiger partial charge on any atom is -0.479 e. The third-order valence-corrected chi connectivity index (χ3v) is 1.98. The molecule has 0 fully saturated rings. The summed E-state index contributed by atoms with van der Waals surface area (Å²) in [6.07, 6.45) is -1.82. The maximum atomic E-state index is 12.9. The topological polar surface area (TPSA) is 57.5 Å². The molecule has 2 N–H and O–H groups in total. The van der Waals surface area contributed by atoms with E-state index < -0.39 is 17.9 Å². The molecule has 0 aliphatic rings. The van der Waals surface area contributed by atoms with Crippen molar-refractivity contribution in [1.29, 1.82) is 0 Å². The van der Waals surface area contributed by atoms with Crippen LogP contribution in [0.1, 0.15) is 11.7 Å². The van der Waals surface area contributed by atoms with Crippen molar-refractivity contribution in [2.75, 3.05) is 0 Å². The first-order chi connectivity index (χ1) is 6.02. The lowest BCUT2D eigenvalue weighted by atomic mass is 10.1. The fourth-order valence-electron chi connectivity index (χ4n) is 0.857. The Kier molecular flexibility index (Phi) is 3.00. The van der Waals surface area contributed by atoms with Crippen LogP contribution in [-0.2, 0) is 4.79 Å². The molecule has 0 unspecified atom stereocenters. The minimum atomic E-state index is -1.82. The number of carboxylic acid groups (broad SMARTS) is 1. The maximum absolute atomic E-state index is 12.9. The van der Waals surface area contributed by atoms with E-state index >= 15 is 0 Å². The van der Waals surface area contributed by atoms with Crippen molar-refractivity contribution in [2.45, 2.75) is 6.10 Å². The summed E-state index contributed by atoms with van der Waals surface area (Å²) in [5, 5.41) is 17.5. The number of carbonyl (C=O) groups is 1. The molecule has 0 saturated heterocycles. The highest BCUT2D eigenvalue weighted by molar-refractivity contribution is 9.10. The zero-order valence-corrected chi connectivity index (χ0v) is 7.95. The third kappa shape index (κ3) is 2.26. The number of halogens is 2. The number of aliphatic hydroxyl groups is 1. The average Bonchev–Trinajstić information content (AvgIpc) is 2.08. The molecule has 0 bridgehead atoms. The smallest absolute Gasteiger partial charge is 0.337 e. The van der Waals surface area contributed by atoms with Gasteiger partial charge in [0.25, 0.3) is 0 Å². The number of aliphatic carboxylic acids is 1. The first kappa shape index (κ1) is 10.1. The third-order valence-electron chi connectivity index (χ3n) is 1.49. The Morgan fingerprint density at radius 1 is 1.54 bits per heavy atom. The summed E-state index contributed by atoms with van der Waals surface area (Å²) in [5.74, 6) is -2.21. The van der Waals surface area contributed by atoms with Crippen LogP contribution >= 0.6 is 15.9 Å². The summed E-state index contributed by atoms with van der Waals surface area (Å²) in [7, 11) is 0. The molecule has 1 atom stereocenters. The highest BCUT2D eigenvalue weighted by Crippen LogP contribution is 2.21. The van der Waals surface area contributed by atoms with Crippen molar-refractivity contribution in [3.05, 3.63) is 34.1 Å². The zero-order valence-electron chi connectivity index (χ0n) is 6.37. The SMILES string of the molecule is O=C(O)[C@@H](O)c1cc(Br)ccc1F. The number of hydrogen-bond donors (Lipinski definition) is 2. The van der Waals surface area contributed by atoms with Gasteiger partial charge in [-0.3, -0.25) is 0 Å². The fraction of sp³-hybridized carbons (Fsp3) is 0.125. The second kappa shape index (κ2) is 3.85. The molecule has 0 amide bonds. The van der Waals surface area contributed by atoms with Crippen LogP contribution in [-0.4, -0.2) is 16.2 Å². The molecule has 0 aromatic heterocycles. The van der Waals surface area contributed by atoms with Gasteiger partial charge in [0.05, 0.1) is 0 Å². The van der Waals surface area contributed by atoms with E-state index in [0.717, 1.165) is 6.07 Å². The van der Waals surface area contributed by atoms with Gasteiger partial charge >= 0.3 is 5.97 Å². The molecule has 0 aliphatic carbocycles. The van der Waals surface area contributed by atoms with E-state index in [1.165, 1.54) is 12.1 Å². The lowest BCUT2D eigenvalue weighted by Crippen LogP contribution is -2.12. The number of aliphatic hydroxyl groups excluding tert-OH is 1. The van der Waals surface area contributed by atoms with E-state index in [-0.39, 0.29) is 5.56 Å². The Bertz CT molecular complexity index is 340. The number of hydrogen-bond acceptors (Lipinski definition) is 2. The van der Waals surface area contributed by atoms with Crippen LogP contribution in [0.5, 0.6) is 0 Å². The van der Waals surface area contributed by atoms with Crippen molar-refractivity contribution in [2.24, 2.45) is 0 Å². The highest BCUT2D eigenvalue weighted by Gasteiger charge is 2.19. The quantitative estimate of drug-likeness (QED) is 0.838. The normalized spacial score (nSPS) is 12.5. The Morgan fingerprint density at radius 2 is 2.15 bits per heavy atom. The van der Waals surface area contributed by atoms with Crippen LogP contribution in [0.2, 0.25) is 0 Å². The Balaban J connectivity index is 3.12. The summed E-state index contributed by atoms with van der Waals surface area (Å²) in [4.78, 5) is 10.3. The number of benzene rings is 1. The predicted molar refractivity (Wildman–Crippen MR) is 46.7 cm³/mol. The van der Waals surface area contributed by atoms with Crippen molar-refractivity contribution in [1.82, 2.24) is 0 Å². The van der Waals surface area contributed by atoms with Crippen LogP contribution in [0.4, 0.5) is 4.39 Å². The summed E-state index contributed by atoms with van der Waals surface area (Å²) >= 11 is 3.04. The first-order valence-corrected chi connectivity index (χ1v) is 4.17. The Hall–Kier alpha value is -0.940. The molecule has 1 aromatic rings. The Labute approximate surface area is 81.9 Å². The van der Waals surface area contributed by atoms with Gasteiger partial charge in [-0.15, -0.1) is 0 Å². The Morgan fingerprint density at radius 3 is 2.69 bits per heavy atom. The minimum absolute atomic E-state index is 0.248. The zero-order chi connectivity index (χ0) is 10.0. The molecule has 0 heterocycles. The fourth-order valence-corrected chi connectivity index (χ4v) is 1.24. The molecule has 1 rings (SSSR count). The van der Waals surface area contributed by atoms with E-state index in [1.54, 1.807) is 0 Å². The molecular weight excluding hydrogens is 243 g/mol. The van der Waals surface area contributed by atoms with Crippen molar-refractivity contribution < 1.29 is 19.4 Å². The molecule has 0 radical (unpaired) electrons. The van der Waals surface area contributed by atoms with Crippen LogP contribution in [0.15, 0.2) is 22.7 Å². The second-order valence-electron chi connectivity index (χ2n) is 2.41. The van der Waals surface area contributed by atoms with Gasteiger partial charge in [-0.25, -0.2) is 9.18 Å². The molecule has 70 valence electrons. The largest absolute Gasteiger partial charge is 0.479 e. The second-order valence-corrected chi connectivity index (χ2v) is 3.32. The van der Waals surface area contributed by atoms with E-state index in [9.17, 15) is 9.18 Å². The molecule has 0 spiro atoms. The molecule has 0 saturated carbocycles. The standard InChI is InChI=1S/C8H6BrFO3/c9-4-1-2-6(10)5(3-4)7(11)8(12)13/h1-3,7,11H,(H,12,13)/t7-/m0/s1. The molecule has 5 heteroatoms. The molecule has 1 aromatic carbocycles. The summed E-state index contributed by atoms with van der Waals surface area (Å²) < 4.78 is 13.5. The van der Waals surface area contributed by atoms with Gasteiger partial charge in [-0.1, -0.05) is 15.9 Å². The molecule has 0 aliphatic heterocycles. The van der Waals surface area contributed by atoms with Crippen molar-refractivity contribution >= 4 is 21.9 Å². The van der Waals surface area contributed by atoms with Crippen molar-refractivity contribution in [3.63, 3.8) is 0 Å². The van der Waals surface area contributed by atoms with Gasteiger partial charge < -0.3 is 10.2 Å². The van der Waals surface area contributed by atoms with Crippen LogP contribution < -0.4 is 0 Å². The van der Waals surface area contributed by atoms with E-state index in [0.29, 0.717) is 4.47 Å².